The van der Waals surface area contributed by atoms with Gasteiger partial charge in [0.05, 0.1) is 30.6 Å². The van der Waals surface area contributed by atoms with Crippen LogP contribution in [0.4, 0.5) is 10.1 Å². The van der Waals surface area contributed by atoms with Gasteiger partial charge >= 0.3 is 5.97 Å². The lowest BCUT2D eigenvalue weighted by atomic mass is 10.2. The molecular formula is C12H14FNO5. The standard InChI is InChI=1S/C12H14FNO5/c1-3-18-12(15)4-5-19-11-6-8(2)10(14(16)17)7-9(11)13/h6-7H,3-5H2,1-2H3. The van der Waals surface area contributed by atoms with E-state index in [1.54, 1.807) is 6.92 Å². The van der Waals surface area contributed by atoms with Gasteiger partial charge in [-0.1, -0.05) is 0 Å². The molecule has 1 rings (SSSR count). The van der Waals surface area contributed by atoms with Gasteiger partial charge in [-0.05, 0) is 19.9 Å². The van der Waals surface area contributed by atoms with E-state index in [4.69, 9.17) is 4.74 Å². The average Bonchev–Trinajstić information content (AvgIpc) is 2.33. The zero-order chi connectivity index (χ0) is 14.4. The van der Waals surface area contributed by atoms with Crippen molar-refractivity contribution in [3.63, 3.8) is 0 Å². The minimum absolute atomic E-state index is 0.0106. The molecule has 0 amide bonds. The Labute approximate surface area is 109 Å². The second-order valence-electron chi connectivity index (χ2n) is 3.73. The fourth-order valence-electron chi connectivity index (χ4n) is 1.43. The Balaban J connectivity index is 2.67. The SMILES string of the molecule is CCOC(=O)CCOc1cc(C)c([N+](=O)[O-])cc1F. The van der Waals surface area contributed by atoms with Crippen LogP contribution in [0.15, 0.2) is 12.1 Å². The molecule has 0 unspecified atom stereocenters. The first-order valence-corrected chi connectivity index (χ1v) is 5.68. The van der Waals surface area contributed by atoms with Crippen molar-refractivity contribution in [1.82, 2.24) is 0 Å². The number of ether oxygens (including phenoxy) is 2. The molecule has 1 aromatic carbocycles. The van der Waals surface area contributed by atoms with Crippen molar-refractivity contribution in [2.24, 2.45) is 0 Å². The lowest BCUT2D eigenvalue weighted by Crippen LogP contribution is -2.10. The van der Waals surface area contributed by atoms with Gasteiger partial charge in [0, 0.05) is 5.56 Å². The van der Waals surface area contributed by atoms with Crippen molar-refractivity contribution >= 4 is 11.7 Å². The number of carbonyl (C=O) groups is 1. The minimum Gasteiger partial charge on any atom is -0.490 e. The summed E-state index contributed by atoms with van der Waals surface area (Å²) in [5.74, 6) is -1.39. The highest BCUT2D eigenvalue weighted by Gasteiger charge is 2.16. The number of esters is 1. The Hall–Kier alpha value is -2.18. The molecule has 0 aromatic heterocycles. The number of halogens is 1. The quantitative estimate of drug-likeness (QED) is 0.451. The third-order valence-corrected chi connectivity index (χ3v) is 2.32. The molecule has 0 fully saturated rings. The van der Waals surface area contributed by atoms with Gasteiger partial charge in [-0.15, -0.1) is 0 Å². The van der Waals surface area contributed by atoms with Gasteiger partial charge in [-0.2, -0.15) is 0 Å². The Bertz CT molecular complexity index is 489. The number of aryl methyl sites for hydroxylation is 1. The van der Waals surface area contributed by atoms with E-state index >= 15 is 0 Å². The molecule has 0 aliphatic heterocycles. The molecule has 6 nitrogen and oxygen atoms in total. The smallest absolute Gasteiger partial charge is 0.309 e. The number of benzene rings is 1. The van der Waals surface area contributed by atoms with Crippen molar-refractivity contribution in [2.75, 3.05) is 13.2 Å². The van der Waals surface area contributed by atoms with E-state index in [0.717, 1.165) is 6.07 Å². The van der Waals surface area contributed by atoms with Crippen LogP contribution >= 0.6 is 0 Å². The molecule has 0 spiro atoms. The molecule has 104 valence electrons. The van der Waals surface area contributed by atoms with E-state index in [1.165, 1.54) is 13.0 Å². The number of nitrogens with zero attached hydrogens (tertiary/aromatic N) is 1. The Morgan fingerprint density at radius 3 is 2.74 bits per heavy atom. The maximum atomic E-state index is 13.5. The predicted octanol–water partition coefficient (Wildman–Crippen LogP) is 2.37. The number of rotatable bonds is 6. The molecule has 0 saturated heterocycles. The van der Waals surface area contributed by atoms with Crippen LogP contribution in [0.2, 0.25) is 0 Å². The Morgan fingerprint density at radius 1 is 1.47 bits per heavy atom. The fraction of sp³-hybridized carbons (Fsp3) is 0.417. The van der Waals surface area contributed by atoms with Gasteiger partial charge in [0.1, 0.15) is 0 Å². The number of carbonyl (C=O) groups excluding carboxylic acids is 1. The van der Waals surface area contributed by atoms with Crippen LogP contribution in [0.3, 0.4) is 0 Å². The van der Waals surface area contributed by atoms with Gasteiger partial charge in [0.25, 0.3) is 5.69 Å². The van der Waals surface area contributed by atoms with Crippen LogP contribution in [-0.4, -0.2) is 24.1 Å². The maximum absolute atomic E-state index is 13.5. The lowest BCUT2D eigenvalue weighted by molar-refractivity contribution is -0.385. The zero-order valence-corrected chi connectivity index (χ0v) is 10.6. The van der Waals surface area contributed by atoms with E-state index in [2.05, 4.69) is 4.74 Å². The monoisotopic (exact) mass is 271 g/mol. The summed E-state index contributed by atoms with van der Waals surface area (Å²) in [6, 6.07) is 2.04. The minimum atomic E-state index is -0.832. The first-order chi connectivity index (χ1) is 8.95. The molecule has 0 radical (unpaired) electrons. The highest BCUT2D eigenvalue weighted by Crippen LogP contribution is 2.26. The first-order valence-electron chi connectivity index (χ1n) is 5.68. The summed E-state index contributed by atoms with van der Waals surface area (Å²) in [6.07, 6.45) is -0.0106. The summed E-state index contributed by atoms with van der Waals surface area (Å²) in [6.45, 7) is 3.38. The molecule has 0 heterocycles. The van der Waals surface area contributed by atoms with E-state index in [0.29, 0.717) is 0 Å². The van der Waals surface area contributed by atoms with Gasteiger partial charge in [0.15, 0.2) is 11.6 Å². The molecule has 1 aromatic rings. The lowest BCUT2D eigenvalue weighted by Gasteiger charge is -2.08. The molecule has 19 heavy (non-hydrogen) atoms. The van der Waals surface area contributed by atoms with E-state index in [-0.39, 0.29) is 36.6 Å². The van der Waals surface area contributed by atoms with E-state index in [9.17, 15) is 19.3 Å². The van der Waals surface area contributed by atoms with Crippen LogP contribution in [0.25, 0.3) is 0 Å². The molecule has 0 bridgehead atoms. The Kier molecular flexibility index (Phi) is 5.23. The molecule has 0 atom stereocenters. The third kappa shape index (κ3) is 4.20. The molecule has 0 saturated carbocycles. The normalized spacial score (nSPS) is 10.1. The summed E-state index contributed by atoms with van der Waals surface area (Å²) < 4.78 is 23.3. The van der Waals surface area contributed by atoms with E-state index in [1.807, 2.05) is 0 Å². The number of nitro benzene ring substituents is 1. The molecule has 0 aliphatic carbocycles. The van der Waals surface area contributed by atoms with Crippen LogP contribution in [-0.2, 0) is 9.53 Å². The van der Waals surface area contributed by atoms with Crippen LogP contribution in [0.1, 0.15) is 18.9 Å². The van der Waals surface area contributed by atoms with Crippen molar-refractivity contribution in [2.45, 2.75) is 20.3 Å². The highest BCUT2D eigenvalue weighted by molar-refractivity contribution is 5.69. The van der Waals surface area contributed by atoms with Crippen molar-refractivity contribution in [3.05, 3.63) is 33.6 Å². The Morgan fingerprint density at radius 2 is 2.16 bits per heavy atom. The summed E-state index contributed by atoms with van der Waals surface area (Å²) in [5.41, 5.74) is -0.0206. The summed E-state index contributed by atoms with van der Waals surface area (Å²) >= 11 is 0. The predicted molar refractivity (Wildman–Crippen MR) is 64.5 cm³/mol. The second kappa shape index (κ2) is 6.67. The van der Waals surface area contributed by atoms with Crippen LogP contribution < -0.4 is 4.74 Å². The average molecular weight is 271 g/mol. The molecule has 0 aliphatic rings. The summed E-state index contributed by atoms with van der Waals surface area (Å²) in [5, 5.41) is 10.6. The van der Waals surface area contributed by atoms with Crippen molar-refractivity contribution in [3.8, 4) is 5.75 Å². The summed E-state index contributed by atoms with van der Waals surface area (Å²) in [4.78, 5) is 21.0. The van der Waals surface area contributed by atoms with E-state index < -0.39 is 16.7 Å². The van der Waals surface area contributed by atoms with Gasteiger partial charge in [-0.25, -0.2) is 4.39 Å². The van der Waals surface area contributed by atoms with Crippen LogP contribution in [0, 0.1) is 22.9 Å². The van der Waals surface area contributed by atoms with Gasteiger partial charge in [0.2, 0.25) is 0 Å². The summed E-state index contributed by atoms with van der Waals surface area (Å²) in [7, 11) is 0. The van der Waals surface area contributed by atoms with Gasteiger partial charge < -0.3 is 9.47 Å². The van der Waals surface area contributed by atoms with Gasteiger partial charge in [-0.3, -0.25) is 14.9 Å². The fourth-order valence-corrected chi connectivity index (χ4v) is 1.43. The first kappa shape index (κ1) is 14.9. The largest absolute Gasteiger partial charge is 0.490 e. The van der Waals surface area contributed by atoms with Crippen molar-refractivity contribution in [1.29, 1.82) is 0 Å². The molecule has 7 heteroatoms. The molecular weight excluding hydrogens is 257 g/mol. The van der Waals surface area contributed by atoms with Crippen LogP contribution in [0.5, 0.6) is 5.75 Å². The second-order valence-corrected chi connectivity index (χ2v) is 3.73. The zero-order valence-electron chi connectivity index (χ0n) is 10.6. The van der Waals surface area contributed by atoms with Crippen molar-refractivity contribution < 1.29 is 23.6 Å². The maximum Gasteiger partial charge on any atom is 0.309 e. The highest BCUT2D eigenvalue weighted by atomic mass is 19.1. The number of nitro groups is 1. The third-order valence-electron chi connectivity index (χ3n) is 2.32. The topological polar surface area (TPSA) is 78.7 Å². The number of hydrogen-bond donors (Lipinski definition) is 0. The number of hydrogen-bond acceptors (Lipinski definition) is 5. The molecule has 0 N–H and O–H groups in total.